The fraction of sp³-hybridized carbons (Fsp3) is 0.0952. The molecule has 0 spiro atoms. The molecule has 2 aromatic heterocycles. The number of benzene rings is 2. The number of halogens is 1. The maximum atomic E-state index is 12.6. The van der Waals surface area contributed by atoms with Crippen molar-refractivity contribution in [3.05, 3.63) is 98.9 Å². The van der Waals surface area contributed by atoms with Gasteiger partial charge in [-0.2, -0.15) is 0 Å². The van der Waals surface area contributed by atoms with Crippen LogP contribution in [0.4, 0.5) is 11.4 Å². The minimum absolute atomic E-state index is 0.129. The van der Waals surface area contributed by atoms with Gasteiger partial charge in [-0.3, -0.25) is 19.3 Å². The number of aromatic nitrogens is 3. The number of fused-ring (bicyclic) bond motifs is 1. The van der Waals surface area contributed by atoms with Gasteiger partial charge in [0.1, 0.15) is 5.69 Å². The molecule has 2 N–H and O–H groups in total. The van der Waals surface area contributed by atoms with E-state index in [1.807, 2.05) is 30.3 Å². The molecule has 31 heavy (non-hydrogen) atoms. The van der Waals surface area contributed by atoms with Crippen LogP contribution in [0.2, 0.25) is 5.02 Å². The first-order valence-electron chi connectivity index (χ1n) is 9.35. The van der Waals surface area contributed by atoms with Crippen molar-refractivity contribution in [1.29, 1.82) is 0 Å². The zero-order valence-corrected chi connectivity index (χ0v) is 16.9. The van der Waals surface area contributed by atoms with Gasteiger partial charge in [-0.25, -0.2) is 0 Å². The first-order chi connectivity index (χ1) is 15.0. The lowest BCUT2D eigenvalue weighted by Gasteiger charge is -2.10. The van der Waals surface area contributed by atoms with Crippen LogP contribution in [0.1, 0.15) is 21.7 Å². The van der Waals surface area contributed by atoms with Gasteiger partial charge >= 0.3 is 0 Å². The van der Waals surface area contributed by atoms with Crippen molar-refractivity contribution in [2.45, 2.75) is 13.1 Å². The number of amides is 1. The van der Waals surface area contributed by atoms with E-state index in [1.54, 1.807) is 22.7 Å². The second-order valence-electron chi connectivity index (χ2n) is 6.66. The SMILES string of the molecule is O=C(NCc1nnc2ccccn12)c1ccc(NCc2ccccc2Cl)c([N+](=O)[O-])c1. The molecule has 2 heterocycles. The Balaban J connectivity index is 1.48. The van der Waals surface area contributed by atoms with Crippen LogP contribution in [0.3, 0.4) is 0 Å². The molecule has 0 atom stereocenters. The quantitative estimate of drug-likeness (QED) is 0.336. The van der Waals surface area contributed by atoms with Crippen molar-refractivity contribution in [3.8, 4) is 0 Å². The van der Waals surface area contributed by atoms with E-state index in [-0.39, 0.29) is 17.8 Å². The monoisotopic (exact) mass is 436 g/mol. The normalized spacial score (nSPS) is 10.7. The molecule has 0 unspecified atom stereocenters. The molecule has 0 saturated heterocycles. The Morgan fingerprint density at radius 2 is 1.87 bits per heavy atom. The standard InChI is InChI=1S/C21H17ClN6O3/c22-16-6-2-1-5-15(16)12-23-17-9-8-14(11-18(17)28(30)31)21(29)24-13-20-26-25-19-7-3-4-10-27(19)20/h1-11,23H,12-13H2,(H,24,29). The molecule has 4 rings (SSSR count). The van der Waals surface area contributed by atoms with Gasteiger partial charge in [-0.1, -0.05) is 35.9 Å². The number of rotatable bonds is 7. The number of nitrogens with zero attached hydrogens (tertiary/aromatic N) is 4. The van der Waals surface area contributed by atoms with Crippen molar-refractivity contribution in [1.82, 2.24) is 19.9 Å². The molecule has 1 amide bonds. The number of pyridine rings is 1. The third-order valence-corrected chi connectivity index (χ3v) is 5.04. The number of hydrogen-bond acceptors (Lipinski definition) is 6. The van der Waals surface area contributed by atoms with Gasteiger partial charge in [0.05, 0.1) is 11.5 Å². The van der Waals surface area contributed by atoms with Crippen LogP contribution in [0.15, 0.2) is 66.9 Å². The van der Waals surface area contributed by atoms with Crippen molar-refractivity contribution in [2.75, 3.05) is 5.32 Å². The molecule has 156 valence electrons. The van der Waals surface area contributed by atoms with Gasteiger partial charge in [0.15, 0.2) is 11.5 Å². The minimum atomic E-state index is -0.530. The summed E-state index contributed by atoms with van der Waals surface area (Å²) in [6.07, 6.45) is 1.79. The molecule has 10 heteroatoms. The van der Waals surface area contributed by atoms with E-state index in [2.05, 4.69) is 20.8 Å². The molecule has 0 fully saturated rings. The summed E-state index contributed by atoms with van der Waals surface area (Å²) >= 11 is 6.13. The fourth-order valence-electron chi connectivity index (χ4n) is 3.08. The first kappa shape index (κ1) is 20.3. The largest absolute Gasteiger partial charge is 0.375 e. The molecule has 4 aromatic rings. The molecule has 0 aliphatic carbocycles. The lowest BCUT2D eigenvalue weighted by molar-refractivity contribution is -0.384. The summed E-state index contributed by atoms with van der Waals surface area (Å²) in [5, 5.41) is 25.9. The van der Waals surface area contributed by atoms with Crippen molar-refractivity contribution >= 4 is 34.5 Å². The maximum Gasteiger partial charge on any atom is 0.293 e. The molecule has 0 aliphatic rings. The Morgan fingerprint density at radius 3 is 2.68 bits per heavy atom. The Bertz CT molecular complexity index is 1270. The number of nitrogens with one attached hydrogen (secondary N) is 2. The molecule has 9 nitrogen and oxygen atoms in total. The number of anilines is 1. The summed E-state index contributed by atoms with van der Waals surface area (Å²) in [6, 6.07) is 17.0. The Hall–Kier alpha value is -3.98. The van der Waals surface area contributed by atoms with Crippen LogP contribution in [0.5, 0.6) is 0 Å². The van der Waals surface area contributed by atoms with Crippen LogP contribution in [-0.4, -0.2) is 25.4 Å². The highest BCUT2D eigenvalue weighted by molar-refractivity contribution is 6.31. The van der Waals surface area contributed by atoms with Crippen LogP contribution < -0.4 is 10.6 Å². The van der Waals surface area contributed by atoms with Crippen LogP contribution >= 0.6 is 11.6 Å². The second-order valence-corrected chi connectivity index (χ2v) is 7.07. The zero-order chi connectivity index (χ0) is 21.8. The summed E-state index contributed by atoms with van der Waals surface area (Å²) < 4.78 is 1.75. The van der Waals surface area contributed by atoms with Gasteiger partial charge in [-0.15, -0.1) is 10.2 Å². The Labute approximate surface area is 181 Å². The predicted molar refractivity (Wildman–Crippen MR) is 116 cm³/mol. The summed E-state index contributed by atoms with van der Waals surface area (Å²) in [6.45, 7) is 0.441. The van der Waals surface area contributed by atoms with Gasteiger partial charge in [0, 0.05) is 29.4 Å². The first-order valence-corrected chi connectivity index (χ1v) is 9.73. The molecular formula is C21H17ClN6O3. The van der Waals surface area contributed by atoms with Gasteiger partial charge in [0.2, 0.25) is 0 Å². The Morgan fingerprint density at radius 1 is 1.06 bits per heavy atom. The molecule has 0 radical (unpaired) electrons. The summed E-state index contributed by atoms with van der Waals surface area (Å²) in [5.41, 5.74) is 1.73. The van der Waals surface area contributed by atoms with E-state index >= 15 is 0 Å². The highest BCUT2D eigenvalue weighted by Gasteiger charge is 2.18. The lowest BCUT2D eigenvalue weighted by Crippen LogP contribution is -2.24. The van der Waals surface area contributed by atoms with E-state index in [9.17, 15) is 14.9 Å². The van der Waals surface area contributed by atoms with Crippen molar-refractivity contribution < 1.29 is 9.72 Å². The molecule has 0 aliphatic heterocycles. The third-order valence-electron chi connectivity index (χ3n) is 4.68. The van der Waals surface area contributed by atoms with Crippen LogP contribution in [0.25, 0.3) is 5.65 Å². The molecular weight excluding hydrogens is 420 g/mol. The summed E-state index contributed by atoms with van der Waals surface area (Å²) in [4.78, 5) is 23.6. The fourth-order valence-corrected chi connectivity index (χ4v) is 3.28. The van der Waals surface area contributed by atoms with Crippen molar-refractivity contribution in [2.24, 2.45) is 0 Å². The Kier molecular flexibility index (Phi) is 5.76. The average molecular weight is 437 g/mol. The third kappa shape index (κ3) is 4.46. The van der Waals surface area contributed by atoms with E-state index in [1.165, 1.54) is 18.2 Å². The van der Waals surface area contributed by atoms with E-state index in [0.717, 1.165) is 5.56 Å². The predicted octanol–water partition coefficient (Wildman–Crippen LogP) is 3.83. The van der Waals surface area contributed by atoms with Crippen LogP contribution in [-0.2, 0) is 13.1 Å². The average Bonchev–Trinajstić information content (AvgIpc) is 3.20. The summed E-state index contributed by atoms with van der Waals surface area (Å²) in [5.74, 6) is 0.102. The number of carbonyl (C=O) groups is 1. The smallest absolute Gasteiger partial charge is 0.293 e. The molecule has 0 saturated carbocycles. The van der Waals surface area contributed by atoms with E-state index < -0.39 is 10.8 Å². The lowest BCUT2D eigenvalue weighted by atomic mass is 10.1. The van der Waals surface area contributed by atoms with Gasteiger partial charge in [-0.05, 0) is 35.9 Å². The number of nitro benzene ring substituents is 1. The number of nitro groups is 1. The summed E-state index contributed by atoms with van der Waals surface area (Å²) in [7, 11) is 0. The van der Waals surface area contributed by atoms with E-state index in [4.69, 9.17) is 11.6 Å². The highest BCUT2D eigenvalue weighted by atomic mass is 35.5. The maximum absolute atomic E-state index is 12.6. The van der Waals surface area contributed by atoms with Gasteiger partial charge < -0.3 is 10.6 Å². The van der Waals surface area contributed by atoms with Crippen LogP contribution in [0, 0.1) is 10.1 Å². The van der Waals surface area contributed by atoms with Crippen molar-refractivity contribution in [3.63, 3.8) is 0 Å². The number of hydrogen-bond donors (Lipinski definition) is 2. The highest BCUT2D eigenvalue weighted by Crippen LogP contribution is 2.27. The molecule has 2 aromatic carbocycles. The second kappa shape index (κ2) is 8.80. The van der Waals surface area contributed by atoms with E-state index in [0.29, 0.717) is 28.7 Å². The van der Waals surface area contributed by atoms with Gasteiger partial charge in [0.25, 0.3) is 11.6 Å². The number of carbonyl (C=O) groups excluding carboxylic acids is 1. The zero-order valence-electron chi connectivity index (χ0n) is 16.2. The molecule has 0 bridgehead atoms. The minimum Gasteiger partial charge on any atom is -0.375 e. The topological polar surface area (TPSA) is 114 Å².